The van der Waals surface area contributed by atoms with E-state index in [0.717, 1.165) is 14.6 Å². The monoisotopic (exact) mass is 386 g/mol. The second-order valence-corrected chi connectivity index (χ2v) is 7.12. The molecule has 2 aromatic rings. The van der Waals surface area contributed by atoms with Gasteiger partial charge < -0.3 is 21.7 Å². The minimum atomic E-state index is -0.944. The first-order valence-electron chi connectivity index (χ1n) is 6.30. The van der Waals surface area contributed by atoms with Gasteiger partial charge in [0.05, 0.1) is 16.0 Å². The van der Waals surface area contributed by atoms with Crippen molar-refractivity contribution in [1.82, 2.24) is 4.98 Å². The number of Topliss-reactive ketones (excluding diaryl/α,β-unsaturated/α-hetero) is 1. The van der Waals surface area contributed by atoms with Gasteiger partial charge in [0.1, 0.15) is 0 Å². The van der Waals surface area contributed by atoms with Crippen molar-refractivity contribution in [3.8, 4) is 0 Å². The van der Waals surface area contributed by atoms with Crippen molar-refractivity contribution in [2.24, 2.45) is 0 Å². The third kappa shape index (κ3) is 3.46. The molecule has 1 aromatic heterocycles. The Morgan fingerprint density at radius 2 is 2.24 bits per heavy atom. The van der Waals surface area contributed by atoms with E-state index < -0.39 is 5.60 Å². The van der Waals surface area contributed by atoms with Crippen molar-refractivity contribution in [3.63, 3.8) is 0 Å². The van der Waals surface area contributed by atoms with Gasteiger partial charge in [-0.05, 0) is 19.1 Å². The number of hydrogen-bond donors (Lipinski definition) is 0. The molecule has 1 aromatic carbocycles. The standard InChI is InChI=1S/C14H13NO3S2.BrH/c1-14(7-6-12(17)18-14)11(16)8-19-13-15-9-4-2-3-5-10(9)20-13;/h2-5H,6-8H2,1H3;1H/p-1. The molecule has 0 bridgehead atoms. The average molecular weight is 387 g/mol. The predicted molar refractivity (Wildman–Crippen MR) is 79.1 cm³/mol. The molecule has 0 radical (unpaired) electrons. The van der Waals surface area contributed by atoms with E-state index in [2.05, 4.69) is 4.98 Å². The first-order chi connectivity index (χ1) is 9.57. The predicted octanol–water partition coefficient (Wildman–Crippen LogP) is 0.0572. The summed E-state index contributed by atoms with van der Waals surface area (Å²) in [6, 6.07) is 7.89. The Morgan fingerprint density at radius 3 is 2.90 bits per heavy atom. The van der Waals surface area contributed by atoms with Crippen LogP contribution in [0.4, 0.5) is 0 Å². The molecule has 1 fully saturated rings. The van der Waals surface area contributed by atoms with E-state index in [4.69, 9.17) is 4.74 Å². The molecule has 0 amide bonds. The summed E-state index contributed by atoms with van der Waals surface area (Å²) < 4.78 is 7.12. The Bertz CT molecular complexity index is 655. The number of esters is 1. The van der Waals surface area contributed by atoms with Crippen molar-refractivity contribution in [3.05, 3.63) is 24.3 Å². The fraction of sp³-hybridized carbons (Fsp3) is 0.357. The summed E-state index contributed by atoms with van der Waals surface area (Å²) in [7, 11) is 0. The van der Waals surface area contributed by atoms with Crippen LogP contribution < -0.4 is 17.0 Å². The Hall–Kier alpha value is -0.920. The molecule has 2 heterocycles. The molecule has 0 saturated carbocycles. The Balaban J connectivity index is 0.00000161. The number of ether oxygens (including phenoxy) is 1. The van der Waals surface area contributed by atoms with Crippen LogP contribution in [-0.4, -0.2) is 28.1 Å². The van der Waals surface area contributed by atoms with Gasteiger partial charge in [0, 0.05) is 12.8 Å². The van der Waals surface area contributed by atoms with Crippen LogP contribution in [0.1, 0.15) is 19.8 Å². The minimum absolute atomic E-state index is 0. The fourth-order valence-corrected chi connectivity index (χ4v) is 4.18. The summed E-state index contributed by atoms with van der Waals surface area (Å²) in [6.45, 7) is 1.69. The SMILES string of the molecule is CC1(C(=O)CSc2nc3ccccc3s2)CCC(=O)O1.[Br-]. The highest BCUT2D eigenvalue weighted by atomic mass is 79.9. The van der Waals surface area contributed by atoms with Crippen LogP contribution in [-0.2, 0) is 14.3 Å². The molecule has 0 N–H and O–H groups in total. The number of para-hydroxylation sites is 1. The number of fused-ring (bicyclic) bond motifs is 1. The second kappa shape index (κ2) is 6.46. The van der Waals surface area contributed by atoms with Gasteiger partial charge in [-0.3, -0.25) is 9.59 Å². The van der Waals surface area contributed by atoms with Crippen molar-refractivity contribution in [2.75, 3.05) is 5.75 Å². The number of aromatic nitrogens is 1. The number of halogens is 1. The van der Waals surface area contributed by atoms with Crippen LogP contribution in [0.5, 0.6) is 0 Å². The van der Waals surface area contributed by atoms with Crippen molar-refractivity contribution in [2.45, 2.75) is 29.7 Å². The molecule has 1 aliphatic rings. The van der Waals surface area contributed by atoms with Crippen LogP contribution >= 0.6 is 23.1 Å². The summed E-state index contributed by atoms with van der Waals surface area (Å²) in [5.41, 5.74) is 0.00627. The van der Waals surface area contributed by atoms with Gasteiger partial charge in [0.25, 0.3) is 0 Å². The molecule has 21 heavy (non-hydrogen) atoms. The molecule has 0 aliphatic carbocycles. The molecule has 3 rings (SSSR count). The number of thioether (sulfide) groups is 1. The Labute approximate surface area is 141 Å². The third-order valence-electron chi connectivity index (χ3n) is 3.34. The summed E-state index contributed by atoms with van der Waals surface area (Å²) in [4.78, 5) is 27.8. The minimum Gasteiger partial charge on any atom is -1.00 e. The maximum absolute atomic E-state index is 12.2. The topological polar surface area (TPSA) is 56.3 Å². The van der Waals surface area contributed by atoms with Crippen LogP contribution in [0.2, 0.25) is 0 Å². The van der Waals surface area contributed by atoms with Gasteiger partial charge in [-0.2, -0.15) is 0 Å². The lowest BCUT2D eigenvalue weighted by Crippen LogP contribution is -3.00. The molecule has 1 atom stereocenters. The largest absolute Gasteiger partial charge is 1.00 e. The smallest absolute Gasteiger partial charge is 0.306 e. The Morgan fingerprint density at radius 1 is 1.48 bits per heavy atom. The maximum atomic E-state index is 12.2. The second-order valence-electron chi connectivity index (χ2n) is 4.86. The van der Waals surface area contributed by atoms with E-state index in [0.29, 0.717) is 12.8 Å². The number of cyclic esters (lactones) is 1. The highest BCUT2D eigenvalue weighted by molar-refractivity contribution is 8.01. The summed E-state index contributed by atoms with van der Waals surface area (Å²) >= 11 is 2.98. The quantitative estimate of drug-likeness (QED) is 0.549. The van der Waals surface area contributed by atoms with Crippen LogP contribution in [0, 0.1) is 0 Å². The van der Waals surface area contributed by atoms with E-state index >= 15 is 0 Å². The van der Waals surface area contributed by atoms with E-state index in [1.807, 2.05) is 24.3 Å². The fourth-order valence-electron chi connectivity index (χ4n) is 2.08. The van der Waals surface area contributed by atoms with Gasteiger partial charge in [-0.1, -0.05) is 23.9 Å². The normalized spacial score (nSPS) is 21.1. The molecule has 1 unspecified atom stereocenters. The van der Waals surface area contributed by atoms with E-state index in [-0.39, 0.29) is 34.5 Å². The zero-order chi connectivity index (χ0) is 14.2. The van der Waals surface area contributed by atoms with Gasteiger partial charge in [0.15, 0.2) is 15.7 Å². The average Bonchev–Trinajstić information content (AvgIpc) is 2.99. The molecule has 112 valence electrons. The van der Waals surface area contributed by atoms with Crippen molar-refractivity contribution in [1.29, 1.82) is 0 Å². The lowest BCUT2D eigenvalue weighted by molar-refractivity contribution is -0.154. The van der Waals surface area contributed by atoms with E-state index in [1.165, 1.54) is 11.8 Å². The summed E-state index contributed by atoms with van der Waals surface area (Å²) in [5.74, 6) is -0.0534. The number of carbonyl (C=O) groups is 2. The highest BCUT2D eigenvalue weighted by Gasteiger charge is 2.42. The summed E-state index contributed by atoms with van der Waals surface area (Å²) in [5, 5.41) is 0. The van der Waals surface area contributed by atoms with E-state index in [1.54, 1.807) is 18.3 Å². The van der Waals surface area contributed by atoms with Gasteiger partial charge in [-0.15, -0.1) is 11.3 Å². The van der Waals surface area contributed by atoms with Gasteiger partial charge in [0.2, 0.25) is 0 Å². The van der Waals surface area contributed by atoms with Crippen molar-refractivity contribution >= 4 is 45.1 Å². The molecular formula is C14H13BrNO3S2-. The number of carbonyl (C=O) groups excluding carboxylic acids is 2. The van der Waals surface area contributed by atoms with E-state index in [9.17, 15) is 9.59 Å². The number of ketones is 1. The molecule has 0 spiro atoms. The third-order valence-corrected chi connectivity index (χ3v) is 5.52. The number of rotatable bonds is 4. The summed E-state index contributed by atoms with van der Waals surface area (Å²) in [6.07, 6.45) is 0.805. The zero-order valence-corrected chi connectivity index (χ0v) is 14.5. The van der Waals surface area contributed by atoms with Crippen LogP contribution in [0.25, 0.3) is 10.2 Å². The number of nitrogens with zero attached hydrogens (tertiary/aromatic N) is 1. The number of hydrogen-bond acceptors (Lipinski definition) is 6. The first kappa shape index (κ1) is 16.5. The number of benzene rings is 1. The number of thiazole rings is 1. The maximum Gasteiger partial charge on any atom is 0.306 e. The zero-order valence-electron chi connectivity index (χ0n) is 11.3. The molecular weight excluding hydrogens is 374 g/mol. The van der Waals surface area contributed by atoms with Crippen LogP contribution in [0.15, 0.2) is 28.6 Å². The van der Waals surface area contributed by atoms with Crippen molar-refractivity contribution < 1.29 is 31.3 Å². The first-order valence-corrected chi connectivity index (χ1v) is 8.10. The highest BCUT2D eigenvalue weighted by Crippen LogP contribution is 2.32. The van der Waals surface area contributed by atoms with Gasteiger partial charge >= 0.3 is 5.97 Å². The molecule has 7 heteroatoms. The molecule has 1 aliphatic heterocycles. The lowest BCUT2D eigenvalue weighted by Gasteiger charge is -2.19. The molecule has 4 nitrogen and oxygen atoms in total. The lowest BCUT2D eigenvalue weighted by atomic mass is 9.98. The Kier molecular flexibility index (Phi) is 5.06. The van der Waals surface area contributed by atoms with Gasteiger partial charge in [-0.25, -0.2) is 4.98 Å². The molecule has 1 saturated heterocycles. The van der Waals surface area contributed by atoms with Crippen LogP contribution in [0.3, 0.4) is 0 Å².